The Morgan fingerprint density at radius 1 is 0.938 bits per heavy atom. The second-order valence-electron chi connectivity index (χ2n) is 8.18. The van der Waals surface area contributed by atoms with Crippen molar-refractivity contribution < 1.29 is 9.53 Å². The summed E-state index contributed by atoms with van der Waals surface area (Å²) < 4.78 is 5.81. The van der Waals surface area contributed by atoms with Gasteiger partial charge in [0.25, 0.3) is 0 Å². The van der Waals surface area contributed by atoms with Gasteiger partial charge in [0.15, 0.2) is 0 Å². The Kier molecular flexibility index (Phi) is 5.85. The number of ether oxygens (including phenoxy) is 1. The minimum absolute atomic E-state index is 0.0298. The van der Waals surface area contributed by atoms with Crippen LogP contribution in [0.1, 0.15) is 18.7 Å². The molecule has 0 unspecified atom stereocenters. The number of carbonyl (C=O) groups is 1. The lowest BCUT2D eigenvalue weighted by Gasteiger charge is -2.30. The quantitative estimate of drug-likeness (QED) is 0.444. The highest BCUT2D eigenvalue weighted by Gasteiger charge is 2.25. The third kappa shape index (κ3) is 4.81. The van der Waals surface area contributed by atoms with Gasteiger partial charge in [-0.05, 0) is 74.5 Å². The average molecular weight is 427 g/mol. The van der Waals surface area contributed by atoms with Gasteiger partial charge in [-0.25, -0.2) is 4.98 Å². The van der Waals surface area contributed by atoms with Crippen molar-refractivity contribution in [3.8, 4) is 11.5 Å². The molecule has 4 aromatic rings. The first-order valence-corrected chi connectivity index (χ1v) is 11.0. The monoisotopic (exact) mass is 426 g/mol. The van der Waals surface area contributed by atoms with E-state index in [1.165, 1.54) is 0 Å². The number of anilines is 1. The molecule has 32 heavy (non-hydrogen) atoms. The topological polar surface area (TPSA) is 70.2 Å². The van der Waals surface area contributed by atoms with Gasteiger partial charge in [-0.1, -0.05) is 30.3 Å². The number of fused-ring (bicyclic) bond motifs is 1. The van der Waals surface area contributed by atoms with Gasteiger partial charge in [-0.3, -0.25) is 9.69 Å². The van der Waals surface area contributed by atoms with Crippen LogP contribution in [0.2, 0.25) is 0 Å². The molecule has 0 aliphatic carbocycles. The maximum atomic E-state index is 12.7. The molecule has 6 nitrogen and oxygen atoms in total. The highest BCUT2D eigenvalue weighted by Crippen LogP contribution is 2.24. The predicted octanol–water partition coefficient (Wildman–Crippen LogP) is 5.21. The fourth-order valence-electron chi connectivity index (χ4n) is 4.12. The number of rotatable bonds is 6. The van der Waals surface area contributed by atoms with E-state index in [-0.39, 0.29) is 11.8 Å². The second kappa shape index (κ2) is 9.24. The van der Waals surface area contributed by atoms with Crippen molar-refractivity contribution >= 4 is 22.6 Å². The molecule has 162 valence electrons. The molecule has 3 aromatic carbocycles. The number of nitrogens with zero attached hydrogens (tertiary/aromatic N) is 2. The molecule has 6 heteroatoms. The summed E-state index contributed by atoms with van der Waals surface area (Å²) in [6.45, 7) is 2.56. The average Bonchev–Trinajstić information content (AvgIpc) is 3.24. The van der Waals surface area contributed by atoms with Crippen LogP contribution in [0.25, 0.3) is 11.0 Å². The Morgan fingerprint density at radius 3 is 2.38 bits per heavy atom. The molecule has 1 saturated heterocycles. The fourth-order valence-corrected chi connectivity index (χ4v) is 4.12. The number of aromatic amines is 1. The van der Waals surface area contributed by atoms with Gasteiger partial charge in [0.1, 0.15) is 17.3 Å². The molecule has 1 fully saturated rings. The Labute approximate surface area is 187 Å². The number of carbonyl (C=O) groups excluding carboxylic acids is 1. The van der Waals surface area contributed by atoms with Gasteiger partial charge in [0, 0.05) is 11.6 Å². The van der Waals surface area contributed by atoms with Crippen molar-refractivity contribution in [2.75, 3.05) is 18.4 Å². The fraction of sp³-hybridized carbons (Fsp3) is 0.231. The van der Waals surface area contributed by atoms with Crippen molar-refractivity contribution in [3.63, 3.8) is 0 Å². The molecular weight excluding hydrogens is 400 g/mol. The molecule has 0 bridgehead atoms. The smallest absolute Gasteiger partial charge is 0.227 e. The van der Waals surface area contributed by atoms with E-state index in [1.54, 1.807) is 0 Å². The summed E-state index contributed by atoms with van der Waals surface area (Å²) in [6, 6.07) is 25.2. The predicted molar refractivity (Wildman–Crippen MR) is 126 cm³/mol. The van der Waals surface area contributed by atoms with E-state index in [0.717, 1.165) is 66.5 Å². The van der Waals surface area contributed by atoms with Crippen molar-refractivity contribution in [2.24, 2.45) is 5.92 Å². The van der Waals surface area contributed by atoms with Crippen molar-refractivity contribution in [1.29, 1.82) is 0 Å². The lowest BCUT2D eigenvalue weighted by atomic mass is 9.96. The van der Waals surface area contributed by atoms with Gasteiger partial charge in [0.2, 0.25) is 5.91 Å². The van der Waals surface area contributed by atoms with Crippen molar-refractivity contribution in [2.45, 2.75) is 19.4 Å². The Morgan fingerprint density at radius 2 is 1.62 bits per heavy atom. The van der Waals surface area contributed by atoms with Gasteiger partial charge in [-0.2, -0.15) is 0 Å². The number of aromatic nitrogens is 2. The highest BCUT2D eigenvalue weighted by molar-refractivity contribution is 5.92. The number of amides is 1. The zero-order valence-corrected chi connectivity index (χ0v) is 17.8. The van der Waals surface area contributed by atoms with E-state index in [2.05, 4.69) is 20.2 Å². The normalized spacial score (nSPS) is 15.0. The SMILES string of the molecule is O=C(Nc1ccc(Oc2ccccc2)cc1)C1CCN(Cc2nc3ccccc3[nH]2)CC1. The number of benzene rings is 3. The summed E-state index contributed by atoms with van der Waals surface area (Å²) in [5.41, 5.74) is 2.86. The van der Waals surface area contributed by atoms with Crippen molar-refractivity contribution in [3.05, 3.63) is 84.7 Å². The third-order valence-electron chi connectivity index (χ3n) is 5.87. The number of nitrogens with one attached hydrogen (secondary N) is 2. The van der Waals surface area contributed by atoms with E-state index < -0.39 is 0 Å². The van der Waals surface area contributed by atoms with Gasteiger partial charge >= 0.3 is 0 Å². The highest BCUT2D eigenvalue weighted by atomic mass is 16.5. The summed E-state index contributed by atoms with van der Waals surface area (Å²) in [6.07, 6.45) is 1.70. The molecule has 5 rings (SSSR count). The maximum absolute atomic E-state index is 12.7. The third-order valence-corrected chi connectivity index (χ3v) is 5.87. The van der Waals surface area contributed by atoms with Gasteiger partial charge < -0.3 is 15.0 Å². The van der Waals surface area contributed by atoms with Crippen LogP contribution in [0.5, 0.6) is 11.5 Å². The van der Waals surface area contributed by atoms with Crippen LogP contribution in [-0.4, -0.2) is 33.9 Å². The van der Waals surface area contributed by atoms with E-state index in [0.29, 0.717) is 0 Å². The zero-order valence-electron chi connectivity index (χ0n) is 17.8. The molecule has 0 atom stereocenters. The number of likely N-dealkylation sites (tertiary alicyclic amines) is 1. The molecule has 0 spiro atoms. The lowest BCUT2D eigenvalue weighted by molar-refractivity contribution is -0.121. The lowest BCUT2D eigenvalue weighted by Crippen LogP contribution is -2.38. The molecule has 1 aromatic heterocycles. The Bertz CT molecular complexity index is 1150. The van der Waals surface area contributed by atoms with Crippen LogP contribution in [-0.2, 0) is 11.3 Å². The van der Waals surface area contributed by atoms with Crippen LogP contribution in [0, 0.1) is 5.92 Å². The first-order chi connectivity index (χ1) is 15.7. The van der Waals surface area contributed by atoms with E-state index in [4.69, 9.17) is 4.74 Å². The van der Waals surface area contributed by atoms with E-state index >= 15 is 0 Å². The molecule has 1 amide bonds. The summed E-state index contributed by atoms with van der Waals surface area (Å²) in [5.74, 6) is 2.63. The molecular formula is C26H26N4O2. The van der Waals surface area contributed by atoms with Crippen LogP contribution >= 0.6 is 0 Å². The maximum Gasteiger partial charge on any atom is 0.227 e. The molecule has 1 aliphatic rings. The van der Waals surface area contributed by atoms with Crippen LogP contribution in [0.3, 0.4) is 0 Å². The number of para-hydroxylation sites is 3. The summed E-state index contributed by atoms with van der Waals surface area (Å²) in [4.78, 5) is 23.2. The van der Waals surface area contributed by atoms with Crippen LogP contribution in [0.4, 0.5) is 5.69 Å². The Balaban J connectivity index is 1.11. The number of H-pyrrole nitrogens is 1. The van der Waals surface area contributed by atoms with E-state index in [1.807, 2.05) is 78.9 Å². The van der Waals surface area contributed by atoms with Crippen LogP contribution in [0.15, 0.2) is 78.9 Å². The van der Waals surface area contributed by atoms with Crippen molar-refractivity contribution in [1.82, 2.24) is 14.9 Å². The first kappa shape index (κ1) is 20.3. The summed E-state index contributed by atoms with van der Waals surface area (Å²) >= 11 is 0. The van der Waals surface area contributed by atoms with Gasteiger partial charge in [-0.15, -0.1) is 0 Å². The molecule has 0 saturated carbocycles. The molecule has 0 radical (unpaired) electrons. The zero-order chi connectivity index (χ0) is 21.8. The number of piperidine rings is 1. The first-order valence-electron chi connectivity index (χ1n) is 11.0. The van der Waals surface area contributed by atoms with E-state index in [9.17, 15) is 4.79 Å². The number of imidazole rings is 1. The number of hydrogen-bond donors (Lipinski definition) is 2. The molecule has 1 aliphatic heterocycles. The minimum Gasteiger partial charge on any atom is -0.457 e. The Hall–Kier alpha value is -3.64. The summed E-state index contributed by atoms with van der Waals surface area (Å²) in [7, 11) is 0. The number of hydrogen-bond acceptors (Lipinski definition) is 4. The minimum atomic E-state index is 0.0298. The standard InChI is InChI=1S/C26H26N4O2/c31-26(27-20-10-12-22(13-11-20)32-21-6-2-1-3-7-21)19-14-16-30(17-15-19)18-25-28-23-8-4-5-9-24(23)29-25/h1-13,19H,14-18H2,(H,27,31)(H,28,29). The summed E-state index contributed by atoms with van der Waals surface area (Å²) in [5, 5.41) is 3.05. The second-order valence-corrected chi connectivity index (χ2v) is 8.18. The molecule has 2 heterocycles. The van der Waals surface area contributed by atoms with Gasteiger partial charge in [0.05, 0.1) is 17.6 Å². The largest absolute Gasteiger partial charge is 0.457 e. The van der Waals surface area contributed by atoms with Crippen LogP contribution < -0.4 is 10.1 Å². The molecule has 2 N–H and O–H groups in total.